The number of hydrogen-bond donors (Lipinski definition) is 1. The molecular weight excluding hydrogens is 512 g/mol. The summed E-state index contributed by atoms with van der Waals surface area (Å²) in [5.74, 6) is 1.04. The van der Waals surface area contributed by atoms with Crippen molar-refractivity contribution in [1.82, 2.24) is 5.32 Å². The van der Waals surface area contributed by atoms with Crippen LogP contribution in [0.2, 0.25) is 0 Å². The van der Waals surface area contributed by atoms with Crippen molar-refractivity contribution in [3.05, 3.63) is 52.5 Å². The van der Waals surface area contributed by atoms with Crippen molar-refractivity contribution in [1.29, 1.82) is 0 Å². The Hall–Kier alpha value is -1.71. The van der Waals surface area contributed by atoms with Gasteiger partial charge in [0.15, 0.2) is 0 Å². The summed E-state index contributed by atoms with van der Waals surface area (Å²) in [6.45, 7) is 2.16. The number of ether oxygens (including phenoxy) is 1. The number of amides is 1. The molecule has 1 N–H and O–H groups in total. The minimum absolute atomic E-state index is 0.0790. The predicted molar refractivity (Wildman–Crippen MR) is 134 cm³/mol. The normalized spacial score (nSPS) is 14.3. The van der Waals surface area contributed by atoms with Crippen LogP contribution in [0.15, 0.2) is 51.8 Å². The molecule has 0 saturated heterocycles. The highest BCUT2D eigenvalue weighted by molar-refractivity contribution is 9.10. The molecule has 3 rings (SSSR count). The minimum Gasteiger partial charge on any atom is -0.496 e. The lowest BCUT2D eigenvalue weighted by molar-refractivity contribution is -0.119. The van der Waals surface area contributed by atoms with Gasteiger partial charge in [0.1, 0.15) is 12.3 Å². The Balaban J connectivity index is 1.75. The van der Waals surface area contributed by atoms with Gasteiger partial charge in [0.05, 0.1) is 22.2 Å². The number of methoxy groups -OCH3 is 1. The standard InChI is InChI=1S/C23H29BrN2O4S2/c1-17-7-9-18(10-8-17)26(16-23(27)25-13-14-31-19-5-3-4-6-19)32(28,29)20-11-12-22(30-2)21(24)15-20/h7-12,15,19H,3-6,13-14,16H2,1-2H3,(H,25,27). The molecule has 174 valence electrons. The molecule has 0 bridgehead atoms. The quantitative estimate of drug-likeness (QED) is 0.440. The van der Waals surface area contributed by atoms with E-state index in [0.717, 1.165) is 15.6 Å². The van der Waals surface area contributed by atoms with Crippen LogP contribution in [-0.4, -0.2) is 45.5 Å². The summed E-state index contributed by atoms with van der Waals surface area (Å²) in [5.41, 5.74) is 1.45. The van der Waals surface area contributed by atoms with Crippen molar-refractivity contribution in [2.45, 2.75) is 42.8 Å². The zero-order valence-corrected chi connectivity index (χ0v) is 21.6. The Bertz CT molecular complexity index is 1020. The Morgan fingerprint density at radius 2 is 1.88 bits per heavy atom. The Morgan fingerprint density at radius 1 is 1.19 bits per heavy atom. The van der Waals surface area contributed by atoms with E-state index < -0.39 is 10.0 Å². The molecule has 0 spiro atoms. The molecule has 0 aliphatic heterocycles. The number of aryl methyl sites for hydroxylation is 1. The summed E-state index contributed by atoms with van der Waals surface area (Å²) >= 11 is 5.23. The zero-order chi connectivity index (χ0) is 23.1. The molecule has 0 heterocycles. The van der Waals surface area contributed by atoms with E-state index in [-0.39, 0.29) is 17.3 Å². The van der Waals surface area contributed by atoms with Gasteiger partial charge >= 0.3 is 0 Å². The molecule has 0 radical (unpaired) electrons. The summed E-state index contributed by atoms with van der Waals surface area (Å²) in [4.78, 5) is 12.8. The first-order valence-electron chi connectivity index (χ1n) is 10.6. The second kappa shape index (κ2) is 11.4. The van der Waals surface area contributed by atoms with Gasteiger partial charge in [-0.3, -0.25) is 9.10 Å². The second-order valence-electron chi connectivity index (χ2n) is 7.77. The van der Waals surface area contributed by atoms with Crippen LogP contribution >= 0.6 is 27.7 Å². The maximum absolute atomic E-state index is 13.5. The maximum atomic E-state index is 13.5. The number of nitrogens with zero attached hydrogens (tertiary/aromatic N) is 1. The Morgan fingerprint density at radius 3 is 2.50 bits per heavy atom. The van der Waals surface area contributed by atoms with Gasteiger partial charge in [0.2, 0.25) is 5.91 Å². The van der Waals surface area contributed by atoms with E-state index in [0.29, 0.717) is 27.7 Å². The minimum atomic E-state index is -3.97. The van der Waals surface area contributed by atoms with Crippen molar-refractivity contribution in [3.8, 4) is 5.75 Å². The van der Waals surface area contributed by atoms with Crippen molar-refractivity contribution in [2.24, 2.45) is 0 Å². The summed E-state index contributed by atoms with van der Waals surface area (Å²) in [5, 5.41) is 3.56. The molecule has 1 saturated carbocycles. The fourth-order valence-electron chi connectivity index (χ4n) is 3.62. The van der Waals surface area contributed by atoms with E-state index in [1.807, 2.05) is 30.8 Å². The number of thioether (sulfide) groups is 1. The smallest absolute Gasteiger partial charge is 0.264 e. The first kappa shape index (κ1) is 24.9. The van der Waals surface area contributed by atoms with Crippen LogP contribution in [0, 0.1) is 6.92 Å². The fraction of sp³-hybridized carbons (Fsp3) is 0.435. The largest absolute Gasteiger partial charge is 0.496 e. The Labute approximate surface area is 203 Å². The Kier molecular flexibility index (Phi) is 8.90. The lowest BCUT2D eigenvalue weighted by Gasteiger charge is -2.24. The molecule has 0 atom stereocenters. The molecule has 0 unspecified atom stereocenters. The van der Waals surface area contributed by atoms with Gasteiger partial charge in [-0.2, -0.15) is 11.8 Å². The van der Waals surface area contributed by atoms with E-state index >= 15 is 0 Å². The molecule has 32 heavy (non-hydrogen) atoms. The number of nitrogens with one attached hydrogen (secondary N) is 1. The number of halogens is 1. The third-order valence-electron chi connectivity index (χ3n) is 5.40. The highest BCUT2D eigenvalue weighted by Crippen LogP contribution is 2.31. The number of benzene rings is 2. The van der Waals surface area contributed by atoms with Crippen LogP contribution < -0.4 is 14.4 Å². The zero-order valence-electron chi connectivity index (χ0n) is 18.3. The van der Waals surface area contributed by atoms with Crippen molar-refractivity contribution < 1.29 is 17.9 Å². The molecule has 2 aromatic rings. The highest BCUT2D eigenvalue weighted by atomic mass is 79.9. The molecule has 6 nitrogen and oxygen atoms in total. The monoisotopic (exact) mass is 540 g/mol. The van der Waals surface area contributed by atoms with E-state index in [9.17, 15) is 13.2 Å². The van der Waals surface area contributed by atoms with Gasteiger partial charge < -0.3 is 10.1 Å². The molecule has 1 fully saturated rings. The van der Waals surface area contributed by atoms with Crippen LogP contribution in [0.25, 0.3) is 0 Å². The second-order valence-corrected chi connectivity index (χ2v) is 11.9. The lowest BCUT2D eigenvalue weighted by atomic mass is 10.2. The molecule has 1 amide bonds. The average Bonchev–Trinajstić information content (AvgIpc) is 3.29. The number of anilines is 1. The summed E-state index contributed by atoms with van der Waals surface area (Å²) in [6, 6.07) is 11.7. The third kappa shape index (κ3) is 6.42. The van der Waals surface area contributed by atoms with Gasteiger partial charge in [-0.15, -0.1) is 0 Å². The van der Waals surface area contributed by atoms with Crippen molar-refractivity contribution >= 4 is 49.3 Å². The molecule has 1 aliphatic carbocycles. The summed E-state index contributed by atoms with van der Waals surface area (Å²) in [6.07, 6.45) is 5.06. The SMILES string of the molecule is COc1ccc(S(=O)(=O)N(CC(=O)NCCSC2CCCC2)c2ccc(C)cc2)cc1Br. The number of rotatable bonds is 10. The van der Waals surface area contributed by atoms with Gasteiger partial charge in [0.25, 0.3) is 10.0 Å². The van der Waals surface area contributed by atoms with Crippen molar-refractivity contribution in [3.63, 3.8) is 0 Å². The van der Waals surface area contributed by atoms with Crippen LogP contribution in [-0.2, 0) is 14.8 Å². The molecular formula is C23H29BrN2O4S2. The summed E-state index contributed by atoms with van der Waals surface area (Å²) < 4.78 is 33.9. The van der Waals surface area contributed by atoms with Gasteiger partial charge in [-0.05, 0) is 66.0 Å². The fourth-order valence-corrected chi connectivity index (χ4v) is 6.98. The average molecular weight is 542 g/mol. The van der Waals surface area contributed by atoms with E-state index in [2.05, 4.69) is 21.2 Å². The molecule has 9 heteroatoms. The summed E-state index contributed by atoms with van der Waals surface area (Å²) in [7, 11) is -2.46. The van der Waals surface area contributed by atoms with E-state index in [4.69, 9.17) is 4.74 Å². The topological polar surface area (TPSA) is 75.7 Å². The van der Waals surface area contributed by atoms with Crippen LogP contribution in [0.3, 0.4) is 0 Å². The van der Waals surface area contributed by atoms with Crippen LogP contribution in [0.4, 0.5) is 5.69 Å². The van der Waals surface area contributed by atoms with E-state index in [1.165, 1.54) is 44.9 Å². The lowest BCUT2D eigenvalue weighted by Crippen LogP contribution is -2.41. The van der Waals surface area contributed by atoms with Gasteiger partial charge in [-0.25, -0.2) is 8.42 Å². The van der Waals surface area contributed by atoms with Gasteiger partial charge in [-0.1, -0.05) is 30.5 Å². The first-order chi connectivity index (χ1) is 15.3. The molecule has 2 aromatic carbocycles. The number of carbonyl (C=O) groups excluding carboxylic acids is 1. The van der Waals surface area contributed by atoms with Gasteiger partial charge in [0, 0.05) is 17.5 Å². The van der Waals surface area contributed by atoms with Crippen LogP contribution in [0.5, 0.6) is 5.75 Å². The molecule has 0 aromatic heterocycles. The number of hydrogen-bond acceptors (Lipinski definition) is 5. The highest BCUT2D eigenvalue weighted by Gasteiger charge is 2.28. The number of carbonyl (C=O) groups is 1. The van der Waals surface area contributed by atoms with E-state index in [1.54, 1.807) is 18.2 Å². The molecule has 1 aliphatic rings. The predicted octanol–water partition coefficient (Wildman–Crippen LogP) is 4.75. The van der Waals surface area contributed by atoms with Crippen molar-refractivity contribution in [2.75, 3.05) is 30.3 Å². The maximum Gasteiger partial charge on any atom is 0.264 e. The number of sulfonamides is 1. The third-order valence-corrected chi connectivity index (χ3v) is 9.17. The first-order valence-corrected chi connectivity index (χ1v) is 13.9. The van der Waals surface area contributed by atoms with Crippen LogP contribution in [0.1, 0.15) is 31.2 Å².